The molecule has 0 N–H and O–H groups in total. The van der Waals surface area contributed by atoms with Crippen LogP contribution in [0.2, 0.25) is 0 Å². The molecule has 1 saturated heterocycles. The highest BCUT2D eigenvalue weighted by molar-refractivity contribution is 7.91. The van der Waals surface area contributed by atoms with E-state index >= 15 is 0 Å². The fraction of sp³-hybridized carbons (Fsp3) is 0.588. The van der Waals surface area contributed by atoms with E-state index in [1.807, 2.05) is 19.2 Å². The van der Waals surface area contributed by atoms with Crippen LogP contribution in [0.5, 0.6) is 0 Å². The van der Waals surface area contributed by atoms with Gasteiger partial charge in [-0.1, -0.05) is 24.3 Å². The van der Waals surface area contributed by atoms with Crippen molar-refractivity contribution in [3.63, 3.8) is 0 Å². The molecule has 5 heteroatoms. The summed E-state index contributed by atoms with van der Waals surface area (Å²) >= 11 is 0. The molecule has 3 rings (SSSR count). The predicted octanol–water partition coefficient (Wildman–Crippen LogP) is 2.13. The summed E-state index contributed by atoms with van der Waals surface area (Å²) in [5, 5.41) is 0. The zero-order valence-electron chi connectivity index (χ0n) is 13.2. The van der Waals surface area contributed by atoms with Crippen molar-refractivity contribution in [1.29, 1.82) is 0 Å². The molecule has 1 aliphatic carbocycles. The molecule has 0 bridgehead atoms. The van der Waals surface area contributed by atoms with Gasteiger partial charge in [0, 0.05) is 19.0 Å². The van der Waals surface area contributed by atoms with Crippen LogP contribution in [-0.2, 0) is 14.6 Å². The van der Waals surface area contributed by atoms with E-state index in [4.69, 9.17) is 0 Å². The van der Waals surface area contributed by atoms with E-state index in [1.165, 1.54) is 11.1 Å². The molecule has 2 aliphatic rings. The van der Waals surface area contributed by atoms with E-state index in [-0.39, 0.29) is 29.4 Å². The summed E-state index contributed by atoms with van der Waals surface area (Å²) in [6.45, 7) is 2.09. The van der Waals surface area contributed by atoms with Gasteiger partial charge >= 0.3 is 0 Å². The predicted molar refractivity (Wildman–Crippen MR) is 86.5 cm³/mol. The lowest BCUT2D eigenvalue weighted by molar-refractivity contribution is -0.133. The molecule has 2 unspecified atom stereocenters. The van der Waals surface area contributed by atoms with Gasteiger partial charge in [0.2, 0.25) is 5.91 Å². The van der Waals surface area contributed by atoms with Crippen LogP contribution in [-0.4, -0.2) is 43.8 Å². The monoisotopic (exact) mass is 321 g/mol. The second-order valence-corrected chi connectivity index (χ2v) is 8.94. The number of aryl methyl sites for hydroxylation is 1. The van der Waals surface area contributed by atoms with Gasteiger partial charge in [0.1, 0.15) is 9.84 Å². The first-order valence-corrected chi connectivity index (χ1v) is 9.74. The molecule has 1 saturated carbocycles. The number of amides is 1. The first kappa shape index (κ1) is 15.5. The fourth-order valence-corrected chi connectivity index (χ4v) is 4.99. The number of carbonyl (C=O) groups is 1. The number of hydrogen-bond donors (Lipinski definition) is 0. The number of rotatable bonds is 3. The molecule has 4 nitrogen and oxygen atoms in total. The van der Waals surface area contributed by atoms with E-state index in [9.17, 15) is 13.2 Å². The van der Waals surface area contributed by atoms with E-state index < -0.39 is 9.84 Å². The molecule has 1 aliphatic heterocycles. The Morgan fingerprint density at radius 2 is 1.82 bits per heavy atom. The van der Waals surface area contributed by atoms with Crippen molar-refractivity contribution in [2.45, 2.75) is 38.1 Å². The lowest BCUT2D eigenvalue weighted by Crippen LogP contribution is -2.43. The second-order valence-electron chi connectivity index (χ2n) is 6.64. The van der Waals surface area contributed by atoms with Crippen LogP contribution in [0.4, 0.5) is 0 Å². The summed E-state index contributed by atoms with van der Waals surface area (Å²) in [6, 6.07) is 8.32. The second kappa shape index (κ2) is 5.69. The Bertz CT molecular complexity index is 669. The third kappa shape index (κ3) is 3.05. The van der Waals surface area contributed by atoms with Crippen molar-refractivity contribution in [2.24, 2.45) is 5.92 Å². The number of benzene rings is 1. The quantitative estimate of drug-likeness (QED) is 0.857. The molecule has 22 heavy (non-hydrogen) atoms. The van der Waals surface area contributed by atoms with Crippen LogP contribution in [0.15, 0.2) is 24.3 Å². The van der Waals surface area contributed by atoms with Gasteiger partial charge in [-0.25, -0.2) is 8.42 Å². The van der Waals surface area contributed by atoms with Crippen LogP contribution in [0.25, 0.3) is 0 Å². The van der Waals surface area contributed by atoms with Crippen molar-refractivity contribution in [3.05, 3.63) is 35.4 Å². The molecule has 2 atom stereocenters. The van der Waals surface area contributed by atoms with Gasteiger partial charge in [0.15, 0.2) is 0 Å². The van der Waals surface area contributed by atoms with Gasteiger partial charge in [-0.3, -0.25) is 4.79 Å². The minimum absolute atomic E-state index is 0.0737. The van der Waals surface area contributed by atoms with E-state index in [2.05, 4.69) is 19.1 Å². The Hall–Kier alpha value is -1.36. The van der Waals surface area contributed by atoms with Gasteiger partial charge in [0.25, 0.3) is 0 Å². The Morgan fingerprint density at radius 3 is 2.45 bits per heavy atom. The maximum atomic E-state index is 12.6. The Balaban J connectivity index is 1.63. The zero-order valence-corrected chi connectivity index (χ0v) is 14.0. The molecule has 0 radical (unpaired) electrons. The van der Waals surface area contributed by atoms with Gasteiger partial charge in [0.05, 0.1) is 11.5 Å². The summed E-state index contributed by atoms with van der Waals surface area (Å²) in [6.07, 6.45) is 2.07. The molecule has 1 heterocycles. The normalized spacial score (nSPS) is 27.4. The maximum Gasteiger partial charge on any atom is 0.226 e. The van der Waals surface area contributed by atoms with Crippen molar-refractivity contribution in [1.82, 2.24) is 4.90 Å². The molecule has 120 valence electrons. The zero-order chi connectivity index (χ0) is 15.9. The fourth-order valence-electron chi connectivity index (χ4n) is 3.52. The molecule has 0 spiro atoms. The lowest BCUT2D eigenvalue weighted by Gasteiger charge is -2.31. The number of carbonyl (C=O) groups excluding carboxylic acids is 1. The first-order valence-electron chi connectivity index (χ1n) is 7.91. The van der Waals surface area contributed by atoms with Crippen molar-refractivity contribution < 1.29 is 13.2 Å². The maximum absolute atomic E-state index is 12.6. The van der Waals surface area contributed by atoms with E-state index in [0.29, 0.717) is 18.8 Å². The Labute approximate surface area is 132 Å². The van der Waals surface area contributed by atoms with Crippen LogP contribution in [0, 0.1) is 12.8 Å². The number of nitrogens with zero attached hydrogens (tertiary/aromatic N) is 1. The van der Waals surface area contributed by atoms with Gasteiger partial charge < -0.3 is 4.90 Å². The van der Waals surface area contributed by atoms with E-state index in [0.717, 1.165) is 6.42 Å². The molecule has 0 aromatic heterocycles. The molecule has 1 aromatic carbocycles. The molecular formula is C17H23NO3S. The first-order chi connectivity index (χ1) is 10.4. The third-order valence-electron chi connectivity index (χ3n) is 5.12. The minimum Gasteiger partial charge on any atom is -0.342 e. The van der Waals surface area contributed by atoms with Crippen LogP contribution < -0.4 is 0 Å². The SMILES string of the molecule is Cc1ccccc1C1CC1C(=O)N(C)C1CCS(=O)(=O)CC1. The number of hydrogen-bond acceptors (Lipinski definition) is 3. The summed E-state index contributed by atoms with van der Waals surface area (Å²) in [7, 11) is -1.05. The number of sulfone groups is 1. The van der Waals surface area contributed by atoms with Crippen molar-refractivity contribution in [2.75, 3.05) is 18.6 Å². The minimum atomic E-state index is -2.88. The van der Waals surface area contributed by atoms with E-state index in [1.54, 1.807) is 4.90 Å². The largest absolute Gasteiger partial charge is 0.342 e. The molecule has 1 aromatic rings. The highest BCUT2D eigenvalue weighted by Gasteiger charge is 2.46. The van der Waals surface area contributed by atoms with Crippen molar-refractivity contribution >= 4 is 15.7 Å². The van der Waals surface area contributed by atoms with Gasteiger partial charge in [-0.2, -0.15) is 0 Å². The average molecular weight is 321 g/mol. The van der Waals surface area contributed by atoms with Crippen LogP contribution >= 0.6 is 0 Å². The summed E-state index contributed by atoms with van der Waals surface area (Å²) in [5.74, 6) is 1.01. The standard InChI is InChI=1S/C17H23NO3S/c1-12-5-3-4-6-14(12)15-11-16(15)17(19)18(2)13-7-9-22(20,21)10-8-13/h3-6,13,15-16H,7-11H2,1-2H3. The average Bonchev–Trinajstić information content (AvgIpc) is 3.26. The summed E-state index contributed by atoms with van der Waals surface area (Å²) < 4.78 is 23.0. The molecule has 1 amide bonds. The van der Waals surface area contributed by atoms with Gasteiger partial charge in [-0.05, 0) is 43.2 Å². The molecule has 2 fully saturated rings. The van der Waals surface area contributed by atoms with Crippen LogP contribution in [0.3, 0.4) is 0 Å². The topological polar surface area (TPSA) is 54.5 Å². The lowest BCUT2D eigenvalue weighted by atomic mass is 10.0. The van der Waals surface area contributed by atoms with Crippen molar-refractivity contribution in [3.8, 4) is 0 Å². The highest BCUT2D eigenvalue weighted by atomic mass is 32.2. The Morgan fingerprint density at radius 1 is 1.18 bits per heavy atom. The highest BCUT2D eigenvalue weighted by Crippen LogP contribution is 2.49. The summed E-state index contributed by atoms with van der Waals surface area (Å²) in [5.41, 5.74) is 2.52. The Kier molecular flexibility index (Phi) is 4.02. The smallest absolute Gasteiger partial charge is 0.226 e. The van der Waals surface area contributed by atoms with Gasteiger partial charge in [-0.15, -0.1) is 0 Å². The van der Waals surface area contributed by atoms with Crippen LogP contribution in [0.1, 0.15) is 36.3 Å². The summed E-state index contributed by atoms with van der Waals surface area (Å²) in [4.78, 5) is 14.4. The third-order valence-corrected chi connectivity index (χ3v) is 6.83. The molecular weight excluding hydrogens is 298 g/mol.